The second kappa shape index (κ2) is 9.41. The van der Waals surface area contributed by atoms with Gasteiger partial charge in [0.05, 0.1) is 29.6 Å². The molecule has 34 heavy (non-hydrogen) atoms. The summed E-state index contributed by atoms with van der Waals surface area (Å²) >= 11 is 2.54. The van der Waals surface area contributed by atoms with Crippen molar-refractivity contribution in [2.45, 2.75) is 29.6 Å². The molecular formula is C23H22N4O4S3. The Hall–Kier alpha value is -2.86. The van der Waals surface area contributed by atoms with Crippen molar-refractivity contribution in [3.05, 3.63) is 65.8 Å². The van der Waals surface area contributed by atoms with Crippen molar-refractivity contribution < 1.29 is 17.9 Å². The first kappa shape index (κ1) is 22.9. The molecule has 0 spiro atoms. The van der Waals surface area contributed by atoms with E-state index in [1.807, 2.05) is 36.4 Å². The Balaban J connectivity index is 1.53. The summed E-state index contributed by atoms with van der Waals surface area (Å²) < 4.78 is 34.3. The Bertz CT molecular complexity index is 1400. The van der Waals surface area contributed by atoms with E-state index in [2.05, 4.69) is 4.98 Å². The van der Waals surface area contributed by atoms with Crippen LogP contribution in [0.25, 0.3) is 10.2 Å². The third kappa shape index (κ3) is 4.31. The fourth-order valence-corrected chi connectivity index (χ4v) is 7.73. The summed E-state index contributed by atoms with van der Waals surface area (Å²) in [7, 11) is -2.17. The van der Waals surface area contributed by atoms with Crippen LogP contribution in [-0.4, -0.2) is 48.3 Å². The number of sulfonamides is 1. The number of aromatic nitrogens is 2. The summed E-state index contributed by atoms with van der Waals surface area (Å²) in [6.45, 7) is 0.505. The molecule has 8 nitrogen and oxygen atoms in total. The molecule has 1 saturated heterocycles. The number of fused-ring (bicyclic) bond motifs is 1. The Morgan fingerprint density at radius 3 is 2.85 bits per heavy atom. The zero-order valence-electron chi connectivity index (χ0n) is 18.3. The fourth-order valence-electron chi connectivity index (χ4n) is 4.01. The molecule has 0 N–H and O–H groups in total. The fraction of sp³-hybridized carbons (Fsp3) is 0.261. The third-order valence-electron chi connectivity index (χ3n) is 5.67. The Morgan fingerprint density at radius 1 is 1.24 bits per heavy atom. The number of thiophene rings is 1. The van der Waals surface area contributed by atoms with Gasteiger partial charge in [-0.25, -0.2) is 13.4 Å². The number of methoxy groups -OCH3 is 1. The molecule has 1 unspecified atom stereocenters. The monoisotopic (exact) mass is 514 g/mol. The summed E-state index contributed by atoms with van der Waals surface area (Å²) in [6, 6.07) is 13.6. The molecule has 1 atom stereocenters. The molecule has 1 aromatic carbocycles. The number of carbonyl (C=O) groups excluding carboxylic acids is 1. The highest BCUT2D eigenvalue weighted by molar-refractivity contribution is 7.91. The largest absolute Gasteiger partial charge is 0.497 e. The minimum atomic E-state index is -3.76. The molecule has 4 heterocycles. The van der Waals surface area contributed by atoms with E-state index >= 15 is 0 Å². The van der Waals surface area contributed by atoms with E-state index in [9.17, 15) is 13.2 Å². The summed E-state index contributed by atoms with van der Waals surface area (Å²) in [5.41, 5.74) is 1.41. The van der Waals surface area contributed by atoms with Crippen molar-refractivity contribution >= 4 is 54.0 Å². The van der Waals surface area contributed by atoms with E-state index in [1.165, 1.54) is 15.6 Å². The second-order valence-corrected chi connectivity index (χ2v) is 11.9. The Morgan fingerprint density at radius 2 is 2.12 bits per heavy atom. The highest BCUT2D eigenvalue weighted by Gasteiger charge is 2.42. The van der Waals surface area contributed by atoms with Crippen molar-refractivity contribution in [3.8, 4) is 5.75 Å². The number of ether oxygens (including phenoxy) is 1. The molecule has 1 amide bonds. The smallest absolute Gasteiger partial charge is 0.253 e. The molecule has 0 radical (unpaired) electrons. The number of carbonyl (C=O) groups is 1. The summed E-state index contributed by atoms with van der Waals surface area (Å²) in [6.07, 6.45) is 2.75. The average Bonchev–Trinajstić information content (AvgIpc) is 3.62. The lowest BCUT2D eigenvalue weighted by Gasteiger charge is -2.28. The molecule has 0 bridgehead atoms. The molecule has 11 heteroatoms. The number of benzene rings is 1. The van der Waals surface area contributed by atoms with Crippen molar-refractivity contribution in [1.29, 1.82) is 0 Å². The molecule has 5 rings (SSSR count). The van der Waals surface area contributed by atoms with E-state index in [1.54, 1.807) is 35.7 Å². The van der Waals surface area contributed by atoms with Crippen LogP contribution in [0.15, 0.2) is 64.3 Å². The van der Waals surface area contributed by atoms with E-state index in [0.29, 0.717) is 41.5 Å². The highest BCUT2D eigenvalue weighted by Crippen LogP contribution is 2.35. The van der Waals surface area contributed by atoms with Gasteiger partial charge in [-0.05, 0) is 48.6 Å². The molecule has 1 fully saturated rings. The number of thiazole rings is 1. The zero-order chi connectivity index (χ0) is 23.7. The maximum absolute atomic E-state index is 13.9. The predicted molar refractivity (Wildman–Crippen MR) is 133 cm³/mol. The molecule has 0 aliphatic carbocycles. The molecule has 3 aromatic heterocycles. The van der Waals surface area contributed by atoms with Crippen molar-refractivity contribution in [2.24, 2.45) is 0 Å². The van der Waals surface area contributed by atoms with Crippen LogP contribution in [0.5, 0.6) is 5.75 Å². The van der Waals surface area contributed by atoms with Crippen molar-refractivity contribution in [3.63, 3.8) is 0 Å². The lowest BCUT2D eigenvalue weighted by molar-refractivity contribution is -0.121. The van der Waals surface area contributed by atoms with Crippen LogP contribution >= 0.6 is 22.7 Å². The van der Waals surface area contributed by atoms with Crippen molar-refractivity contribution in [2.75, 3.05) is 18.6 Å². The quantitative estimate of drug-likeness (QED) is 0.368. The van der Waals surface area contributed by atoms with Gasteiger partial charge in [-0.2, -0.15) is 4.31 Å². The first-order valence-corrected chi connectivity index (χ1v) is 13.8. The number of nitrogens with zero attached hydrogens (tertiary/aromatic N) is 4. The highest BCUT2D eigenvalue weighted by atomic mass is 32.2. The van der Waals surface area contributed by atoms with E-state index < -0.39 is 16.1 Å². The Kier molecular flexibility index (Phi) is 6.34. The van der Waals surface area contributed by atoms with Gasteiger partial charge in [-0.15, -0.1) is 11.3 Å². The zero-order valence-corrected chi connectivity index (χ0v) is 20.8. The van der Waals surface area contributed by atoms with Crippen LogP contribution in [0.1, 0.15) is 18.5 Å². The van der Waals surface area contributed by atoms with Gasteiger partial charge in [0, 0.05) is 18.8 Å². The standard InChI is InChI=1S/C23H22N4O4S3/c1-31-17-9-10-20-18(14-17)25-23(33-20)26(15-16-6-2-3-11-24-16)22(28)19-7-4-12-27(19)34(29,30)21-8-5-13-32-21/h2-3,5-6,8-11,13-14,19H,4,7,12,15H2,1H3. The number of pyridine rings is 1. The van der Waals surface area contributed by atoms with Gasteiger partial charge in [-0.3, -0.25) is 14.7 Å². The van der Waals surface area contributed by atoms with Gasteiger partial charge in [0.25, 0.3) is 10.0 Å². The second-order valence-electron chi connectivity index (χ2n) is 7.78. The maximum Gasteiger partial charge on any atom is 0.253 e. The first-order valence-electron chi connectivity index (χ1n) is 10.7. The lowest BCUT2D eigenvalue weighted by Crippen LogP contribution is -2.47. The van der Waals surface area contributed by atoms with Crippen LogP contribution < -0.4 is 9.64 Å². The Labute approximate surface area is 205 Å². The number of anilines is 1. The normalized spacial score (nSPS) is 16.7. The molecule has 0 saturated carbocycles. The first-order chi connectivity index (χ1) is 16.5. The lowest BCUT2D eigenvalue weighted by atomic mass is 10.2. The minimum absolute atomic E-state index is 0.194. The molecule has 176 valence electrons. The molecule has 1 aliphatic rings. The van der Waals surface area contributed by atoms with Gasteiger partial charge in [-0.1, -0.05) is 23.5 Å². The van der Waals surface area contributed by atoms with E-state index in [-0.39, 0.29) is 16.7 Å². The van der Waals surface area contributed by atoms with Gasteiger partial charge < -0.3 is 4.74 Å². The number of hydrogen-bond acceptors (Lipinski definition) is 8. The SMILES string of the molecule is COc1ccc2sc(N(Cc3ccccn3)C(=O)C3CCCN3S(=O)(=O)c3cccs3)nc2c1. The topological polar surface area (TPSA) is 92.7 Å². The van der Waals surface area contributed by atoms with Crippen LogP contribution in [-0.2, 0) is 21.4 Å². The van der Waals surface area contributed by atoms with Crippen molar-refractivity contribution in [1.82, 2.24) is 14.3 Å². The average molecular weight is 515 g/mol. The summed E-state index contributed by atoms with van der Waals surface area (Å²) in [5.74, 6) is 0.380. The molecular weight excluding hydrogens is 492 g/mol. The van der Waals surface area contributed by atoms with Crippen LogP contribution in [0, 0.1) is 0 Å². The van der Waals surface area contributed by atoms with Gasteiger partial charge >= 0.3 is 0 Å². The summed E-state index contributed by atoms with van der Waals surface area (Å²) in [5, 5.41) is 2.22. The van der Waals surface area contributed by atoms with E-state index in [0.717, 1.165) is 16.0 Å². The van der Waals surface area contributed by atoms with Crippen LogP contribution in [0.2, 0.25) is 0 Å². The van der Waals surface area contributed by atoms with Crippen LogP contribution in [0.4, 0.5) is 5.13 Å². The number of amides is 1. The minimum Gasteiger partial charge on any atom is -0.497 e. The third-order valence-corrected chi connectivity index (χ3v) is 10.0. The molecule has 4 aromatic rings. The number of hydrogen-bond donors (Lipinski definition) is 0. The van der Waals surface area contributed by atoms with Gasteiger partial charge in [0.1, 0.15) is 16.0 Å². The van der Waals surface area contributed by atoms with Crippen LogP contribution in [0.3, 0.4) is 0 Å². The molecule has 1 aliphatic heterocycles. The summed E-state index contributed by atoms with van der Waals surface area (Å²) in [4.78, 5) is 24.5. The van der Waals surface area contributed by atoms with Gasteiger partial charge in [0.15, 0.2) is 5.13 Å². The van der Waals surface area contributed by atoms with Gasteiger partial charge in [0.2, 0.25) is 5.91 Å². The number of rotatable bonds is 7. The van der Waals surface area contributed by atoms with E-state index in [4.69, 9.17) is 9.72 Å². The predicted octanol–water partition coefficient (Wildman–Crippen LogP) is 4.15. The maximum atomic E-state index is 13.9.